The van der Waals surface area contributed by atoms with E-state index in [1.54, 1.807) is 4.90 Å². The lowest BCUT2D eigenvalue weighted by molar-refractivity contribution is -0.133. The molecule has 1 aliphatic rings. The van der Waals surface area contributed by atoms with Crippen LogP contribution in [0, 0.1) is 0 Å². The molecule has 3 aromatic rings. The highest BCUT2D eigenvalue weighted by Gasteiger charge is 2.33. The molecule has 2 aromatic carbocycles. The first kappa shape index (κ1) is 18.8. The zero-order valence-electron chi connectivity index (χ0n) is 15.9. The highest BCUT2D eigenvalue weighted by atomic mass is 16.3. The van der Waals surface area contributed by atoms with Gasteiger partial charge >= 0.3 is 0 Å². The predicted molar refractivity (Wildman–Crippen MR) is 110 cm³/mol. The van der Waals surface area contributed by atoms with E-state index in [9.17, 15) is 15.0 Å². The van der Waals surface area contributed by atoms with Crippen molar-refractivity contribution in [3.05, 3.63) is 54.1 Å². The molecule has 28 heavy (non-hydrogen) atoms. The Bertz CT molecular complexity index is 934. The summed E-state index contributed by atoms with van der Waals surface area (Å²) < 4.78 is 0. The van der Waals surface area contributed by atoms with Gasteiger partial charge in [0.15, 0.2) is 0 Å². The fourth-order valence-electron chi connectivity index (χ4n) is 4.29. The number of hydrogen-bond donors (Lipinski definition) is 2. The molecule has 0 spiro atoms. The maximum absolute atomic E-state index is 12.5. The number of β-amino-alcohol motifs (C(OH)–C–C–N with tert-alkyl or cyclic N) is 1. The smallest absolute Gasteiger partial charge is 0.222 e. The molecule has 1 fully saturated rings. The number of aryl methyl sites for hydroxylation is 1. The summed E-state index contributed by atoms with van der Waals surface area (Å²) in [6.45, 7) is 0.251. The lowest BCUT2D eigenvalue weighted by Gasteiger charge is -2.22. The van der Waals surface area contributed by atoms with Crippen molar-refractivity contribution >= 4 is 27.7 Å². The van der Waals surface area contributed by atoms with Crippen LogP contribution in [0.15, 0.2) is 48.5 Å². The van der Waals surface area contributed by atoms with Gasteiger partial charge in [-0.05, 0) is 43.4 Å². The van der Waals surface area contributed by atoms with E-state index in [1.807, 2.05) is 36.4 Å². The molecule has 1 aliphatic heterocycles. The van der Waals surface area contributed by atoms with Crippen LogP contribution in [0.2, 0.25) is 0 Å². The number of carbonyl (C=O) groups is 1. The second kappa shape index (κ2) is 8.25. The molecule has 4 rings (SSSR count). The normalized spacial score (nSPS) is 19.6. The molecule has 2 atom stereocenters. The van der Waals surface area contributed by atoms with E-state index in [-0.39, 0.29) is 18.6 Å². The number of aromatic nitrogens is 1. The lowest BCUT2D eigenvalue weighted by Crippen LogP contribution is -2.37. The van der Waals surface area contributed by atoms with Crippen molar-refractivity contribution in [2.75, 3.05) is 13.2 Å². The summed E-state index contributed by atoms with van der Waals surface area (Å²) in [7, 11) is 0. The van der Waals surface area contributed by atoms with E-state index in [4.69, 9.17) is 4.98 Å². The summed E-state index contributed by atoms with van der Waals surface area (Å²) in [5.74, 6) is 0.0278. The Balaban J connectivity index is 1.45. The molecule has 0 bridgehead atoms. The maximum Gasteiger partial charge on any atom is 0.222 e. The van der Waals surface area contributed by atoms with Gasteiger partial charge in [-0.3, -0.25) is 4.79 Å². The molecule has 1 unspecified atom stereocenters. The summed E-state index contributed by atoms with van der Waals surface area (Å²) >= 11 is 0. The molecule has 146 valence electrons. The Morgan fingerprint density at radius 3 is 2.32 bits per heavy atom. The van der Waals surface area contributed by atoms with Crippen molar-refractivity contribution in [2.45, 2.75) is 44.2 Å². The number of nitrogens with zero attached hydrogens (tertiary/aromatic N) is 2. The summed E-state index contributed by atoms with van der Waals surface area (Å²) in [6.07, 6.45) is 2.98. The highest BCUT2D eigenvalue weighted by molar-refractivity contribution is 5.97. The van der Waals surface area contributed by atoms with Crippen LogP contribution in [-0.4, -0.2) is 51.3 Å². The van der Waals surface area contributed by atoms with Gasteiger partial charge in [-0.15, -0.1) is 0 Å². The molecule has 1 aromatic heterocycles. The summed E-state index contributed by atoms with van der Waals surface area (Å²) in [6, 6.07) is 16.2. The Morgan fingerprint density at radius 1 is 1.04 bits per heavy atom. The number of aliphatic hydroxyl groups excluding tert-OH is 2. The van der Waals surface area contributed by atoms with Crippen molar-refractivity contribution in [3.8, 4) is 0 Å². The second-order valence-electron chi connectivity index (χ2n) is 7.60. The highest BCUT2D eigenvalue weighted by Crippen LogP contribution is 2.27. The third-order valence-electron chi connectivity index (χ3n) is 5.69. The van der Waals surface area contributed by atoms with E-state index in [1.165, 1.54) is 16.3 Å². The molecule has 5 heteroatoms. The van der Waals surface area contributed by atoms with E-state index in [0.717, 1.165) is 30.3 Å². The number of fused-ring (bicyclic) bond motifs is 2. The predicted octanol–water partition coefficient (Wildman–Crippen LogP) is 3.05. The molecule has 0 saturated carbocycles. The topological polar surface area (TPSA) is 73.7 Å². The molecule has 2 heterocycles. The molecule has 2 N–H and O–H groups in total. The molecule has 1 amide bonds. The van der Waals surface area contributed by atoms with Crippen molar-refractivity contribution in [3.63, 3.8) is 0 Å². The van der Waals surface area contributed by atoms with Gasteiger partial charge in [-0.2, -0.15) is 0 Å². The molecule has 0 radical (unpaired) electrons. The first-order valence-corrected chi connectivity index (χ1v) is 10.0. The average Bonchev–Trinajstić information content (AvgIpc) is 3.11. The Hall–Kier alpha value is -2.50. The largest absolute Gasteiger partial charge is 0.394 e. The fourth-order valence-corrected chi connectivity index (χ4v) is 4.29. The third-order valence-corrected chi connectivity index (χ3v) is 5.69. The average molecular weight is 378 g/mol. The standard InChI is InChI=1S/C23H26N2O3/c26-15-16-13-17(27)14-25(16)23(28)12-6-3-7-18-19-8-1-4-10-21(19)24-22-11-5-2-9-20(18)22/h1-2,4-5,8-11,16-17,26-27H,3,6-7,12-15H2/t16?,17-/m1/s1. The SMILES string of the molecule is O=C(CCCCc1c2ccccc2nc2ccccc12)N1C[C@H](O)CC1CO. The second-order valence-corrected chi connectivity index (χ2v) is 7.60. The first-order valence-electron chi connectivity index (χ1n) is 10.0. The Morgan fingerprint density at radius 2 is 1.68 bits per heavy atom. The number of carbonyl (C=O) groups excluding carboxylic acids is 1. The van der Waals surface area contributed by atoms with Gasteiger partial charge < -0.3 is 15.1 Å². The van der Waals surface area contributed by atoms with Gasteiger partial charge in [0.25, 0.3) is 0 Å². The van der Waals surface area contributed by atoms with Crippen LogP contribution in [0.1, 0.15) is 31.2 Å². The van der Waals surface area contributed by atoms with Gasteiger partial charge in [-0.25, -0.2) is 4.98 Å². The zero-order chi connectivity index (χ0) is 19.5. The Labute approximate surface area is 164 Å². The van der Waals surface area contributed by atoms with Crippen molar-refractivity contribution < 1.29 is 15.0 Å². The van der Waals surface area contributed by atoms with Gasteiger partial charge in [0.2, 0.25) is 5.91 Å². The minimum absolute atomic E-state index is 0.0278. The number of pyridine rings is 1. The molecular formula is C23H26N2O3. The summed E-state index contributed by atoms with van der Waals surface area (Å²) in [4.78, 5) is 18.9. The summed E-state index contributed by atoms with van der Waals surface area (Å²) in [5, 5.41) is 21.5. The van der Waals surface area contributed by atoms with Gasteiger partial charge in [0.05, 0.1) is 29.8 Å². The number of unbranched alkanes of at least 4 members (excludes halogenated alkanes) is 1. The fraction of sp³-hybridized carbons (Fsp3) is 0.391. The van der Waals surface area contributed by atoms with Crippen LogP contribution < -0.4 is 0 Å². The van der Waals surface area contributed by atoms with Crippen LogP contribution >= 0.6 is 0 Å². The number of hydrogen-bond acceptors (Lipinski definition) is 4. The van der Waals surface area contributed by atoms with Crippen LogP contribution in [0.4, 0.5) is 0 Å². The van der Waals surface area contributed by atoms with E-state index in [0.29, 0.717) is 19.4 Å². The molecule has 5 nitrogen and oxygen atoms in total. The monoisotopic (exact) mass is 378 g/mol. The van der Waals surface area contributed by atoms with Gasteiger partial charge in [0.1, 0.15) is 0 Å². The first-order chi connectivity index (χ1) is 13.7. The zero-order valence-corrected chi connectivity index (χ0v) is 15.9. The third kappa shape index (κ3) is 3.73. The number of benzene rings is 2. The quantitative estimate of drug-likeness (QED) is 0.511. The van der Waals surface area contributed by atoms with Crippen LogP contribution in [-0.2, 0) is 11.2 Å². The number of rotatable bonds is 6. The van der Waals surface area contributed by atoms with E-state index in [2.05, 4.69) is 12.1 Å². The molecule has 0 aliphatic carbocycles. The Kier molecular flexibility index (Phi) is 5.55. The van der Waals surface area contributed by atoms with Crippen molar-refractivity contribution in [1.29, 1.82) is 0 Å². The maximum atomic E-state index is 12.5. The van der Waals surface area contributed by atoms with Gasteiger partial charge in [0, 0.05) is 23.7 Å². The van der Waals surface area contributed by atoms with Crippen molar-refractivity contribution in [2.24, 2.45) is 0 Å². The van der Waals surface area contributed by atoms with Crippen LogP contribution in [0.5, 0.6) is 0 Å². The minimum Gasteiger partial charge on any atom is -0.394 e. The lowest BCUT2D eigenvalue weighted by atomic mass is 9.97. The number of para-hydroxylation sites is 2. The summed E-state index contributed by atoms with van der Waals surface area (Å²) in [5.41, 5.74) is 3.30. The molecular weight excluding hydrogens is 352 g/mol. The van der Waals surface area contributed by atoms with E-state index >= 15 is 0 Å². The van der Waals surface area contributed by atoms with Crippen molar-refractivity contribution in [1.82, 2.24) is 9.88 Å². The van der Waals surface area contributed by atoms with Gasteiger partial charge in [-0.1, -0.05) is 36.4 Å². The van der Waals surface area contributed by atoms with E-state index < -0.39 is 6.10 Å². The van der Waals surface area contributed by atoms with Crippen LogP contribution in [0.25, 0.3) is 21.8 Å². The molecule has 1 saturated heterocycles. The number of amides is 1. The number of likely N-dealkylation sites (tertiary alicyclic amines) is 1. The minimum atomic E-state index is -0.518. The number of aliphatic hydroxyl groups is 2. The van der Waals surface area contributed by atoms with Crippen LogP contribution in [0.3, 0.4) is 0 Å².